The van der Waals surface area contributed by atoms with Crippen LogP contribution in [-0.2, 0) is 11.4 Å². The van der Waals surface area contributed by atoms with Crippen molar-refractivity contribution in [1.82, 2.24) is 10.2 Å². The van der Waals surface area contributed by atoms with Crippen molar-refractivity contribution in [1.29, 1.82) is 0 Å². The third kappa shape index (κ3) is 3.80. The maximum absolute atomic E-state index is 12.5. The zero-order chi connectivity index (χ0) is 18.8. The average Bonchev–Trinajstić information content (AvgIpc) is 3.48. The van der Waals surface area contributed by atoms with Gasteiger partial charge >= 0.3 is 0 Å². The van der Waals surface area contributed by atoms with Gasteiger partial charge in [0.05, 0.1) is 7.11 Å². The van der Waals surface area contributed by atoms with Gasteiger partial charge in [-0.15, -0.1) is 0 Å². The Balaban J connectivity index is 1.51. The van der Waals surface area contributed by atoms with E-state index in [9.17, 15) is 4.79 Å². The van der Waals surface area contributed by atoms with Crippen LogP contribution in [0.15, 0.2) is 54.2 Å². The molecule has 1 aliphatic heterocycles. The van der Waals surface area contributed by atoms with Gasteiger partial charge in [-0.1, -0.05) is 36.4 Å². The molecule has 0 aromatic heterocycles. The summed E-state index contributed by atoms with van der Waals surface area (Å²) in [7, 11) is 1.60. The molecule has 0 radical (unpaired) electrons. The van der Waals surface area contributed by atoms with Crippen LogP contribution in [0.5, 0.6) is 11.5 Å². The Labute approximate surface area is 163 Å². The number of hydrogen-bond acceptors (Lipinski definition) is 4. The van der Waals surface area contributed by atoms with Crippen molar-refractivity contribution >= 4 is 29.3 Å². The Bertz CT molecular complexity index is 907. The number of nitrogens with zero attached hydrogens (tertiary/aromatic N) is 1. The lowest BCUT2D eigenvalue weighted by Gasteiger charge is -2.12. The standard InChI is InChI=1S/C21H20N2O3S/c1-25-19-12-15(7-10-18(19)26-13-14-5-3-2-4-6-14)11-17-20(24)23(16-8-9-16)21(27)22-17/h2-7,10-12,16H,8-9,13H2,1H3,(H,22,27)/b17-11+. The lowest BCUT2D eigenvalue weighted by atomic mass is 10.1. The number of rotatable bonds is 6. The molecule has 1 heterocycles. The van der Waals surface area contributed by atoms with E-state index in [-0.39, 0.29) is 11.9 Å². The first kappa shape index (κ1) is 17.5. The van der Waals surface area contributed by atoms with Crippen molar-refractivity contribution in [2.45, 2.75) is 25.5 Å². The van der Waals surface area contributed by atoms with Crippen LogP contribution in [0, 0.1) is 0 Å². The molecule has 1 amide bonds. The van der Waals surface area contributed by atoms with Crippen molar-refractivity contribution in [3.8, 4) is 11.5 Å². The molecule has 0 spiro atoms. The molecule has 1 saturated heterocycles. The molecule has 4 rings (SSSR count). The predicted octanol–water partition coefficient (Wildman–Crippen LogP) is 3.49. The largest absolute Gasteiger partial charge is 0.493 e. The van der Waals surface area contributed by atoms with Gasteiger partial charge < -0.3 is 14.8 Å². The summed E-state index contributed by atoms with van der Waals surface area (Å²) in [5.41, 5.74) is 2.42. The van der Waals surface area contributed by atoms with Crippen molar-refractivity contribution in [3.05, 3.63) is 65.4 Å². The molecule has 6 heteroatoms. The number of hydrogen-bond donors (Lipinski definition) is 1. The molecule has 2 aromatic rings. The topological polar surface area (TPSA) is 50.8 Å². The molecule has 2 aliphatic rings. The fourth-order valence-electron chi connectivity index (χ4n) is 3.01. The van der Waals surface area contributed by atoms with E-state index in [4.69, 9.17) is 21.7 Å². The molecule has 2 aromatic carbocycles. The van der Waals surface area contributed by atoms with E-state index < -0.39 is 0 Å². The van der Waals surface area contributed by atoms with Crippen molar-refractivity contribution in [2.24, 2.45) is 0 Å². The van der Waals surface area contributed by atoms with Gasteiger partial charge in [0.1, 0.15) is 12.3 Å². The number of benzene rings is 2. The van der Waals surface area contributed by atoms with E-state index in [1.54, 1.807) is 18.1 Å². The number of thiocarbonyl (C=S) groups is 1. The van der Waals surface area contributed by atoms with Crippen LogP contribution in [0.1, 0.15) is 24.0 Å². The Hall–Kier alpha value is -2.86. The van der Waals surface area contributed by atoms with Crippen LogP contribution in [0.2, 0.25) is 0 Å². The second-order valence-corrected chi connectivity index (χ2v) is 6.97. The summed E-state index contributed by atoms with van der Waals surface area (Å²) in [6.45, 7) is 0.461. The third-order valence-electron chi connectivity index (χ3n) is 4.56. The maximum atomic E-state index is 12.5. The highest BCUT2D eigenvalue weighted by Crippen LogP contribution is 2.32. The minimum atomic E-state index is -0.0640. The number of carbonyl (C=O) groups excluding carboxylic acids is 1. The van der Waals surface area contributed by atoms with Crippen molar-refractivity contribution in [3.63, 3.8) is 0 Å². The molecular formula is C21H20N2O3S. The second kappa shape index (κ2) is 7.40. The van der Waals surface area contributed by atoms with Gasteiger partial charge in [0, 0.05) is 6.04 Å². The fourth-order valence-corrected chi connectivity index (χ4v) is 3.35. The molecule has 27 heavy (non-hydrogen) atoms. The first-order valence-corrected chi connectivity index (χ1v) is 9.27. The molecule has 5 nitrogen and oxygen atoms in total. The number of nitrogens with one attached hydrogen (secondary N) is 1. The summed E-state index contributed by atoms with van der Waals surface area (Å²) >= 11 is 5.29. The predicted molar refractivity (Wildman–Crippen MR) is 107 cm³/mol. The van der Waals surface area contributed by atoms with Crippen molar-refractivity contribution < 1.29 is 14.3 Å². The fraction of sp³-hybridized carbons (Fsp3) is 0.238. The Kier molecular flexibility index (Phi) is 4.81. The second-order valence-electron chi connectivity index (χ2n) is 6.58. The van der Waals surface area contributed by atoms with Crippen LogP contribution in [-0.4, -0.2) is 29.1 Å². The zero-order valence-electron chi connectivity index (χ0n) is 15.0. The summed E-state index contributed by atoms with van der Waals surface area (Å²) < 4.78 is 11.3. The van der Waals surface area contributed by atoms with Gasteiger partial charge in [0.15, 0.2) is 16.6 Å². The van der Waals surface area contributed by atoms with Gasteiger partial charge in [-0.2, -0.15) is 0 Å². The van der Waals surface area contributed by atoms with Crippen LogP contribution in [0.3, 0.4) is 0 Å². The summed E-state index contributed by atoms with van der Waals surface area (Å²) in [6, 6.07) is 15.8. The maximum Gasteiger partial charge on any atom is 0.276 e. The minimum absolute atomic E-state index is 0.0640. The Morgan fingerprint density at radius 3 is 2.67 bits per heavy atom. The minimum Gasteiger partial charge on any atom is -0.493 e. The van der Waals surface area contributed by atoms with E-state index >= 15 is 0 Å². The summed E-state index contributed by atoms with van der Waals surface area (Å²) in [5, 5.41) is 3.51. The molecule has 1 aliphatic carbocycles. The van der Waals surface area contributed by atoms with Gasteiger partial charge in [-0.05, 0) is 54.4 Å². The highest BCUT2D eigenvalue weighted by Gasteiger charge is 2.41. The van der Waals surface area contributed by atoms with Crippen LogP contribution >= 0.6 is 12.2 Å². The van der Waals surface area contributed by atoms with Gasteiger partial charge in [0.25, 0.3) is 5.91 Å². The van der Waals surface area contributed by atoms with Gasteiger partial charge in [-0.3, -0.25) is 9.69 Å². The number of carbonyl (C=O) groups is 1. The molecule has 0 bridgehead atoms. The first-order valence-electron chi connectivity index (χ1n) is 8.86. The quantitative estimate of drug-likeness (QED) is 0.614. The van der Waals surface area contributed by atoms with Gasteiger partial charge in [0.2, 0.25) is 0 Å². The van der Waals surface area contributed by atoms with E-state index in [0.29, 0.717) is 28.9 Å². The number of amides is 1. The molecule has 0 atom stereocenters. The number of methoxy groups -OCH3 is 1. The Morgan fingerprint density at radius 1 is 1.19 bits per heavy atom. The van der Waals surface area contributed by atoms with Crippen molar-refractivity contribution in [2.75, 3.05) is 7.11 Å². The van der Waals surface area contributed by atoms with E-state index in [2.05, 4.69) is 5.32 Å². The summed E-state index contributed by atoms with van der Waals surface area (Å²) in [6.07, 6.45) is 3.82. The van der Waals surface area contributed by atoms with E-state index in [1.165, 1.54) is 0 Å². The monoisotopic (exact) mass is 380 g/mol. The van der Waals surface area contributed by atoms with E-state index in [0.717, 1.165) is 24.0 Å². The normalized spacial score (nSPS) is 18.0. The molecule has 1 N–H and O–H groups in total. The lowest BCUT2D eigenvalue weighted by molar-refractivity contribution is -0.122. The molecule has 138 valence electrons. The summed E-state index contributed by atoms with van der Waals surface area (Å²) in [4.78, 5) is 14.2. The lowest BCUT2D eigenvalue weighted by Crippen LogP contribution is -2.32. The van der Waals surface area contributed by atoms with E-state index in [1.807, 2.05) is 48.5 Å². The highest BCUT2D eigenvalue weighted by molar-refractivity contribution is 7.80. The van der Waals surface area contributed by atoms with Crippen LogP contribution in [0.25, 0.3) is 6.08 Å². The first-order chi connectivity index (χ1) is 13.2. The molecule has 1 saturated carbocycles. The van der Waals surface area contributed by atoms with Gasteiger partial charge in [-0.25, -0.2) is 0 Å². The SMILES string of the molecule is COc1cc(/C=C2/NC(=S)N(C3CC3)C2=O)ccc1OCc1ccccc1. The van der Waals surface area contributed by atoms with Crippen LogP contribution in [0.4, 0.5) is 0 Å². The molecule has 0 unspecified atom stereocenters. The van der Waals surface area contributed by atoms with Crippen LogP contribution < -0.4 is 14.8 Å². The average molecular weight is 380 g/mol. The molecular weight excluding hydrogens is 360 g/mol. The molecule has 2 fully saturated rings. The summed E-state index contributed by atoms with van der Waals surface area (Å²) in [5.74, 6) is 1.21. The number of ether oxygens (including phenoxy) is 2. The zero-order valence-corrected chi connectivity index (χ0v) is 15.8. The third-order valence-corrected chi connectivity index (χ3v) is 4.86. The Morgan fingerprint density at radius 2 is 1.96 bits per heavy atom. The highest BCUT2D eigenvalue weighted by atomic mass is 32.1. The smallest absolute Gasteiger partial charge is 0.276 e.